The van der Waals surface area contributed by atoms with E-state index >= 15 is 0 Å². The molecule has 2 amide bonds. The number of carbonyl (C=O) groups excluding carboxylic acids is 2. The molecule has 1 aromatic carbocycles. The first-order valence-electron chi connectivity index (χ1n) is 6.50. The normalized spacial score (nSPS) is 17.4. The van der Waals surface area contributed by atoms with E-state index in [0.29, 0.717) is 19.7 Å². The summed E-state index contributed by atoms with van der Waals surface area (Å²) in [6, 6.07) is 7.23. The van der Waals surface area contributed by atoms with Crippen molar-refractivity contribution in [2.24, 2.45) is 5.92 Å². The van der Waals surface area contributed by atoms with E-state index in [9.17, 15) is 9.59 Å². The Bertz CT molecular complexity index is 473. The molecule has 2 N–H and O–H groups in total. The van der Waals surface area contributed by atoms with Gasteiger partial charge in [0.2, 0.25) is 11.8 Å². The number of rotatable bonds is 6. The zero-order valence-electron chi connectivity index (χ0n) is 11.3. The van der Waals surface area contributed by atoms with E-state index < -0.39 is 0 Å². The third kappa shape index (κ3) is 3.88. The lowest BCUT2D eigenvalue weighted by Gasteiger charge is -2.10. The van der Waals surface area contributed by atoms with Crippen molar-refractivity contribution in [1.29, 1.82) is 0 Å². The Hall–Kier alpha value is -2.24. The minimum absolute atomic E-state index is 0.0698. The van der Waals surface area contributed by atoms with Crippen LogP contribution in [0, 0.1) is 5.92 Å². The van der Waals surface area contributed by atoms with Gasteiger partial charge in [-0.2, -0.15) is 0 Å². The topological polar surface area (TPSA) is 76.7 Å². The molecule has 0 aliphatic carbocycles. The largest absolute Gasteiger partial charge is 0.497 e. The lowest BCUT2D eigenvalue weighted by Crippen LogP contribution is -2.34. The lowest BCUT2D eigenvalue weighted by molar-refractivity contribution is -0.126. The molecule has 1 saturated heterocycles. The van der Waals surface area contributed by atoms with Gasteiger partial charge in [0.1, 0.15) is 18.1 Å². The van der Waals surface area contributed by atoms with E-state index in [2.05, 4.69) is 10.6 Å². The van der Waals surface area contributed by atoms with Crippen molar-refractivity contribution in [1.82, 2.24) is 10.6 Å². The molecule has 1 heterocycles. The maximum Gasteiger partial charge on any atom is 0.225 e. The van der Waals surface area contributed by atoms with Gasteiger partial charge in [-0.3, -0.25) is 9.59 Å². The van der Waals surface area contributed by atoms with Crippen molar-refractivity contribution in [2.75, 3.05) is 26.8 Å². The first kappa shape index (κ1) is 14.2. The molecule has 1 unspecified atom stereocenters. The van der Waals surface area contributed by atoms with Crippen LogP contribution in [0.4, 0.5) is 0 Å². The molecule has 1 fully saturated rings. The van der Waals surface area contributed by atoms with Crippen LogP contribution in [0.15, 0.2) is 24.3 Å². The first-order valence-corrected chi connectivity index (χ1v) is 6.50. The Morgan fingerprint density at radius 1 is 1.35 bits per heavy atom. The summed E-state index contributed by atoms with van der Waals surface area (Å²) >= 11 is 0. The first-order chi connectivity index (χ1) is 9.69. The molecule has 1 aromatic rings. The molecule has 1 atom stereocenters. The van der Waals surface area contributed by atoms with Crippen LogP contribution in [0.25, 0.3) is 0 Å². The van der Waals surface area contributed by atoms with Crippen molar-refractivity contribution in [2.45, 2.75) is 6.42 Å². The number of amides is 2. The maximum atomic E-state index is 11.7. The maximum absolute atomic E-state index is 11.7. The standard InChI is InChI=1S/C14H18N2O4/c1-19-11-2-4-12(5-3-11)20-7-6-15-14(18)10-8-13(17)16-9-10/h2-5,10H,6-9H2,1H3,(H,15,18)(H,16,17). The van der Waals surface area contributed by atoms with Crippen LogP contribution >= 0.6 is 0 Å². The van der Waals surface area contributed by atoms with Gasteiger partial charge < -0.3 is 20.1 Å². The van der Waals surface area contributed by atoms with Gasteiger partial charge in [0.05, 0.1) is 19.6 Å². The monoisotopic (exact) mass is 278 g/mol. The molecule has 1 aliphatic rings. The van der Waals surface area contributed by atoms with Gasteiger partial charge in [0, 0.05) is 13.0 Å². The molecule has 108 valence electrons. The fraction of sp³-hybridized carbons (Fsp3) is 0.429. The van der Waals surface area contributed by atoms with E-state index in [4.69, 9.17) is 9.47 Å². The second-order valence-electron chi connectivity index (χ2n) is 4.52. The molecule has 0 aromatic heterocycles. The Labute approximate surface area is 117 Å². The molecular formula is C14H18N2O4. The third-order valence-corrected chi connectivity index (χ3v) is 3.08. The third-order valence-electron chi connectivity index (χ3n) is 3.08. The number of benzene rings is 1. The van der Waals surface area contributed by atoms with Crippen LogP contribution in [-0.2, 0) is 9.59 Å². The number of nitrogens with one attached hydrogen (secondary N) is 2. The van der Waals surface area contributed by atoms with Crippen LogP contribution in [0.1, 0.15) is 6.42 Å². The Kier molecular flexibility index (Phi) is 4.81. The lowest BCUT2D eigenvalue weighted by atomic mass is 10.1. The highest BCUT2D eigenvalue weighted by Crippen LogP contribution is 2.16. The molecular weight excluding hydrogens is 260 g/mol. The second kappa shape index (κ2) is 6.79. The Balaban J connectivity index is 1.65. The van der Waals surface area contributed by atoms with E-state index in [1.165, 1.54) is 0 Å². The summed E-state index contributed by atoms with van der Waals surface area (Å²) < 4.78 is 10.5. The van der Waals surface area contributed by atoms with E-state index in [0.717, 1.165) is 11.5 Å². The van der Waals surface area contributed by atoms with E-state index in [1.54, 1.807) is 19.2 Å². The van der Waals surface area contributed by atoms with Gasteiger partial charge in [-0.1, -0.05) is 0 Å². The zero-order chi connectivity index (χ0) is 14.4. The van der Waals surface area contributed by atoms with E-state index in [1.807, 2.05) is 12.1 Å². The van der Waals surface area contributed by atoms with Crippen LogP contribution in [0.5, 0.6) is 11.5 Å². The fourth-order valence-corrected chi connectivity index (χ4v) is 1.95. The van der Waals surface area contributed by atoms with Crippen LogP contribution < -0.4 is 20.1 Å². The van der Waals surface area contributed by atoms with Crippen LogP contribution in [-0.4, -0.2) is 38.6 Å². The number of hydrogen-bond donors (Lipinski definition) is 2. The van der Waals surface area contributed by atoms with Crippen molar-refractivity contribution in [3.63, 3.8) is 0 Å². The number of ether oxygens (including phenoxy) is 2. The smallest absolute Gasteiger partial charge is 0.225 e. The molecule has 0 saturated carbocycles. The Morgan fingerprint density at radius 3 is 2.65 bits per heavy atom. The minimum atomic E-state index is -0.261. The minimum Gasteiger partial charge on any atom is -0.497 e. The molecule has 0 bridgehead atoms. The highest BCUT2D eigenvalue weighted by Gasteiger charge is 2.27. The van der Waals surface area contributed by atoms with Crippen molar-refractivity contribution in [3.8, 4) is 11.5 Å². The summed E-state index contributed by atoms with van der Waals surface area (Å²) in [6.45, 7) is 1.21. The van der Waals surface area contributed by atoms with Gasteiger partial charge >= 0.3 is 0 Å². The molecule has 0 spiro atoms. The molecule has 0 radical (unpaired) electrons. The highest BCUT2D eigenvalue weighted by atomic mass is 16.5. The second-order valence-corrected chi connectivity index (χ2v) is 4.52. The van der Waals surface area contributed by atoms with Crippen LogP contribution in [0.2, 0.25) is 0 Å². The molecule has 6 nitrogen and oxygen atoms in total. The summed E-state index contributed by atoms with van der Waals surface area (Å²) in [5, 5.41) is 5.39. The summed E-state index contributed by atoms with van der Waals surface area (Å²) in [5.41, 5.74) is 0. The van der Waals surface area contributed by atoms with Gasteiger partial charge in [0.25, 0.3) is 0 Å². The molecule has 2 rings (SSSR count). The number of hydrogen-bond acceptors (Lipinski definition) is 4. The van der Waals surface area contributed by atoms with Crippen LogP contribution in [0.3, 0.4) is 0 Å². The van der Waals surface area contributed by atoms with Crippen molar-refractivity contribution in [3.05, 3.63) is 24.3 Å². The highest BCUT2D eigenvalue weighted by molar-refractivity contribution is 5.89. The van der Waals surface area contributed by atoms with Crippen molar-refractivity contribution >= 4 is 11.8 Å². The van der Waals surface area contributed by atoms with Gasteiger partial charge in [-0.15, -0.1) is 0 Å². The predicted molar refractivity (Wildman–Crippen MR) is 72.6 cm³/mol. The van der Waals surface area contributed by atoms with Gasteiger partial charge in [-0.05, 0) is 24.3 Å². The molecule has 20 heavy (non-hydrogen) atoms. The quantitative estimate of drug-likeness (QED) is 0.735. The van der Waals surface area contributed by atoms with E-state index in [-0.39, 0.29) is 24.2 Å². The average molecular weight is 278 g/mol. The summed E-state index contributed by atoms with van der Waals surface area (Å²) in [5.74, 6) is 1.05. The fourth-order valence-electron chi connectivity index (χ4n) is 1.95. The Morgan fingerprint density at radius 2 is 2.05 bits per heavy atom. The van der Waals surface area contributed by atoms with Gasteiger partial charge in [0.15, 0.2) is 0 Å². The summed E-state index contributed by atoms with van der Waals surface area (Å²) in [4.78, 5) is 22.7. The molecule has 6 heteroatoms. The summed E-state index contributed by atoms with van der Waals surface area (Å²) in [6.07, 6.45) is 0.269. The number of methoxy groups -OCH3 is 1. The summed E-state index contributed by atoms with van der Waals surface area (Å²) in [7, 11) is 1.61. The predicted octanol–water partition coefficient (Wildman–Crippen LogP) is 0.326. The average Bonchev–Trinajstić information content (AvgIpc) is 2.91. The zero-order valence-corrected chi connectivity index (χ0v) is 11.3. The number of carbonyl (C=O) groups is 2. The van der Waals surface area contributed by atoms with Crippen molar-refractivity contribution < 1.29 is 19.1 Å². The molecule has 1 aliphatic heterocycles. The van der Waals surface area contributed by atoms with Gasteiger partial charge in [-0.25, -0.2) is 0 Å². The SMILES string of the molecule is COc1ccc(OCCNC(=O)C2CNC(=O)C2)cc1.